The van der Waals surface area contributed by atoms with Gasteiger partial charge in [-0.15, -0.1) is 0 Å². The molecule has 3 N–H and O–H groups in total. The zero-order valence-corrected chi connectivity index (χ0v) is 13.8. The van der Waals surface area contributed by atoms with Gasteiger partial charge in [0.1, 0.15) is 0 Å². The average molecular weight is 295 g/mol. The molecular weight excluding hydrogens is 266 g/mol. The van der Waals surface area contributed by atoms with Crippen LogP contribution in [-0.4, -0.2) is 43.0 Å². The minimum Gasteiger partial charge on any atom is -0.369 e. The van der Waals surface area contributed by atoms with E-state index < -0.39 is 0 Å². The third-order valence-electron chi connectivity index (χ3n) is 4.07. The third-order valence-corrected chi connectivity index (χ3v) is 4.07. The van der Waals surface area contributed by atoms with Gasteiger partial charge in [-0.2, -0.15) is 0 Å². The minimum absolute atomic E-state index is 0.0775. The van der Waals surface area contributed by atoms with Gasteiger partial charge >= 0.3 is 0 Å². The topological polar surface area (TPSA) is 76.7 Å². The summed E-state index contributed by atoms with van der Waals surface area (Å²) in [7, 11) is 1.78. The van der Waals surface area contributed by atoms with E-state index in [1.165, 1.54) is 6.92 Å². The fourth-order valence-corrected chi connectivity index (χ4v) is 2.66. The first-order valence-corrected chi connectivity index (χ1v) is 7.75. The Labute approximate surface area is 128 Å². The van der Waals surface area contributed by atoms with Gasteiger partial charge in [0, 0.05) is 25.7 Å². The summed E-state index contributed by atoms with van der Waals surface area (Å²) >= 11 is 0. The largest absolute Gasteiger partial charge is 0.369 e. The molecule has 5 heteroatoms. The van der Waals surface area contributed by atoms with Gasteiger partial charge in [-0.25, -0.2) is 0 Å². The summed E-state index contributed by atoms with van der Waals surface area (Å²) in [6.45, 7) is 7.70. The van der Waals surface area contributed by atoms with Crippen LogP contribution in [0.5, 0.6) is 0 Å². The second kappa shape index (κ2) is 8.29. The lowest BCUT2D eigenvalue weighted by Crippen LogP contribution is -2.57. The van der Waals surface area contributed by atoms with Gasteiger partial charge in [0.25, 0.3) is 0 Å². The predicted octanol–water partition coefficient (Wildman–Crippen LogP) is 1.81. The molecule has 0 aromatic carbocycles. The number of rotatable bonds is 6. The Kier molecular flexibility index (Phi) is 7.05. The van der Waals surface area contributed by atoms with Gasteiger partial charge in [0.05, 0.1) is 18.2 Å². The molecule has 0 heterocycles. The van der Waals surface area contributed by atoms with Gasteiger partial charge in [0.15, 0.2) is 0 Å². The highest BCUT2D eigenvalue weighted by atomic mass is 16.5. The molecular formula is C16H29N3O2. The van der Waals surface area contributed by atoms with Crippen LogP contribution >= 0.6 is 0 Å². The molecule has 0 spiro atoms. The fraction of sp³-hybridized carbons (Fsp3) is 0.750. The number of nitrogens with zero attached hydrogens (tertiary/aromatic N) is 1. The van der Waals surface area contributed by atoms with E-state index >= 15 is 0 Å². The van der Waals surface area contributed by atoms with Crippen LogP contribution in [0.3, 0.4) is 0 Å². The monoisotopic (exact) mass is 295 g/mol. The van der Waals surface area contributed by atoms with E-state index in [2.05, 4.69) is 30.2 Å². The molecule has 0 fully saturated rings. The maximum Gasteiger partial charge on any atom is 0.217 e. The Morgan fingerprint density at radius 2 is 2.10 bits per heavy atom. The van der Waals surface area contributed by atoms with Crippen molar-refractivity contribution in [1.29, 1.82) is 0 Å². The molecule has 0 aromatic rings. The van der Waals surface area contributed by atoms with E-state index in [-0.39, 0.29) is 30.2 Å². The first-order chi connectivity index (χ1) is 9.92. The molecule has 0 saturated heterocycles. The normalized spacial score (nSPS) is 26.7. The van der Waals surface area contributed by atoms with E-state index in [4.69, 9.17) is 10.5 Å². The predicted molar refractivity (Wildman–Crippen MR) is 86.6 cm³/mol. The smallest absolute Gasteiger partial charge is 0.217 e. The van der Waals surface area contributed by atoms with Gasteiger partial charge < -0.3 is 15.8 Å². The highest BCUT2D eigenvalue weighted by molar-refractivity contribution is 5.98. The van der Waals surface area contributed by atoms with Crippen LogP contribution in [0.2, 0.25) is 0 Å². The molecule has 0 aromatic heterocycles. The van der Waals surface area contributed by atoms with Crippen molar-refractivity contribution < 1.29 is 9.53 Å². The second-order valence-electron chi connectivity index (χ2n) is 5.63. The first kappa shape index (κ1) is 17.9. The van der Waals surface area contributed by atoms with Crippen molar-refractivity contribution in [1.82, 2.24) is 5.32 Å². The van der Waals surface area contributed by atoms with Crippen molar-refractivity contribution in [2.45, 2.75) is 71.2 Å². The highest BCUT2D eigenvalue weighted by Crippen LogP contribution is 2.24. The third kappa shape index (κ3) is 4.93. The summed E-state index contributed by atoms with van der Waals surface area (Å²) in [5, 5.41) is 2.94. The summed E-state index contributed by atoms with van der Waals surface area (Å²) in [5.41, 5.74) is 8.36. The average Bonchev–Trinajstić information content (AvgIpc) is 2.46. The molecule has 0 radical (unpaired) electrons. The van der Waals surface area contributed by atoms with Gasteiger partial charge in [-0.1, -0.05) is 13.8 Å². The van der Waals surface area contributed by atoms with E-state index in [1.807, 2.05) is 6.92 Å². The van der Waals surface area contributed by atoms with E-state index in [9.17, 15) is 4.79 Å². The minimum atomic E-state index is -0.200. The molecule has 0 unspecified atom stereocenters. The summed E-state index contributed by atoms with van der Waals surface area (Å²) in [5.74, 6) is -0.0775. The number of ether oxygens (including phenoxy) is 1. The van der Waals surface area contributed by atoms with Crippen molar-refractivity contribution in [2.24, 2.45) is 10.7 Å². The quantitative estimate of drug-likeness (QED) is 0.734. The molecule has 0 saturated carbocycles. The van der Waals surface area contributed by atoms with Crippen LogP contribution in [0.25, 0.3) is 0 Å². The Morgan fingerprint density at radius 3 is 2.57 bits per heavy atom. The molecule has 21 heavy (non-hydrogen) atoms. The lowest BCUT2D eigenvalue weighted by molar-refractivity contribution is -0.121. The number of nitrogens with one attached hydrogen (secondary N) is 1. The lowest BCUT2D eigenvalue weighted by atomic mass is 9.86. The molecule has 0 bridgehead atoms. The van der Waals surface area contributed by atoms with Crippen molar-refractivity contribution in [3.8, 4) is 0 Å². The number of aliphatic imine (C=N–C) groups is 1. The van der Waals surface area contributed by atoms with Crippen molar-refractivity contribution in [2.75, 3.05) is 7.05 Å². The zero-order chi connectivity index (χ0) is 16.0. The molecule has 1 amide bonds. The van der Waals surface area contributed by atoms with Crippen molar-refractivity contribution in [3.63, 3.8) is 0 Å². The van der Waals surface area contributed by atoms with Gasteiger partial charge in [-0.3, -0.25) is 9.79 Å². The van der Waals surface area contributed by atoms with Crippen molar-refractivity contribution in [3.05, 3.63) is 11.6 Å². The molecule has 3 atom stereocenters. The Hall–Kier alpha value is -1.20. The van der Waals surface area contributed by atoms with Crippen LogP contribution in [0.4, 0.5) is 0 Å². The Bertz CT molecular complexity index is 414. The Morgan fingerprint density at radius 1 is 1.48 bits per heavy atom. The number of hydrogen-bond acceptors (Lipinski definition) is 4. The van der Waals surface area contributed by atoms with Crippen LogP contribution in [0.15, 0.2) is 16.6 Å². The lowest BCUT2D eigenvalue weighted by Gasteiger charge is -2.37. The number of carbonyl (C=O) groups excluding carboxylic acids is 1. The zero-order valence-electron chi connectivity index (χ0n) is 13.8. The second-order valence-corrected chi connectivity index (χ2v) is 5.63. The van der Waals surface area contributed by atoms with Gasteiger partial charge in [-0.05, 0) is 37.8 Å². The first-order valence-electron chi connectivity index (χ1n) is 7.75. The van der Waals surface area contributed by atoms with Crippen LogP contribution in [0, 0.1) is 0 Å². The summed E-state index contributed by atoms with van der Waals surface area (Å²) < 4.78 is 6.17. The number of amides is 1. The number of hydrogen-bond donors (Lipinski definition) is 2. The molecule has 5 nitrogen and oxygen atoms in total. The molecule has 120 valence electrons. The van der Waals surface area contributed by atoms with Crippen LogP contribution < -0.4 is 11.1 Å². The van der Waals surface area contributed by atoms with E-state index in [0.29, 0.717) is 6.42 Å². The van der Waals surface area contributed by atoms with Crippen LogP contribution in [-0.2, 0) is 9.53 Å². The van der Waals surface area contributed by atoms with Crippen LogP contribution in [0.1, 0.15) is 47.0 Å². The summed E-state index contributed by atoms with van der Waals surface area (Å²) in [4.78, 5) is 15.7. The molecule has 1 aliphatic carbocycles. The van der Waals surface area contributed by atoms with E-state index in [0.717, 1.165) is 24.1 Å². The van der Waals surface area contributed by atoms with Gasteiger partial charge in [0.2, 0.25) is 5.91 Å². The SMILES string of the molecule is CCC(CC)O[C@@H]1C=C(C(C)=NC)C[C@H](N)[C@H]1NC(C)=O. The summed E-state index contributed by atoms with van der Waals surface area (Å²) in [6, 6.07) is -0.346. The standard InChI is InChI=1S/C16H29N3O2/c1-6-13(7-2)21-15-9-12(10(3)18-5)8-14(17)16(15)19-11(4)20/h9,13-16H,6-8,17H2,1-5H3,(H,19,20)/t14-,15+,16+/m0/s1. The summed E-state index contributed by atoms with van der Waals surface area (Å²) in [6.07, 6.45) is 4.64. The maximum atomic E-state index is 11.4. The number of carbonyl (C=O) groups is 1. The molecule has 1 rings (SSSR count). The Balaban J connectivity index is 3.02. The molecule has 1 aliphatic rings. The highest BCUT2D eigenvalue weighted by Gasteiger charge is 2.34. The fourth-order valence-electron chi connectivity index (χ4n) is 2.66. The maximum absolute atomic E-state index is 11.4. The molecule has 0 aliphatic heterocycles. The number of nitrogens with two attached hydrogens (primary N) is 1. The van der Waals surface area contributed by atoms with E-state index in [1.54, 1.807) is 7.05 Å². The van der Waals surface area contributed by atoms with Crippen molar-refractivity contribution >= 4 is 11.6 Å².